The van der Waals surface area contributed by atoms with Gasteiger partial charge in [0.25, 0.3) is 20.3 Å². The van der Waals surface area contributed by atoms with Gasteiger partial charge >= 0.3 is 0 Å². The van der Waals surface area contributed by atoms with Crippen LogP contribution < -0.4 is 14.9 Å². The predicted octanol–water partition coefficient (Wildman–Crippen LogP) is 3.68. The Labute approximate surface area is 193 Å². The Morgan fingerprint density at radius 3 is 2.66 bits per heavy atom. The number of sulfonamides is 1. The van der Waals surface area contributed by atoms with Crippen LogP contribution in [0.3, 0.4) is 0 Å². The van der Waals surface area contributed by atoms with E-state index in [4.69, 9.17) is 11.6 Å². The molecule has 12 heteroatoms. The zero-order valence-electron chi connectivity index (χ0n) is 16.8. The number of carbonyl (C=O) groups excluding carboxylic acids is 2. The van der Waals surface area contributed by atoms with Gasteiger partial charge in [-0.05, 0) is 49.2 Å². The number of anilines is 3. The van der Waals surface area contributed by atoms with Crippen LogP contribution in [0.1, 0.15) is 28.8 Å². The van der Waals surface area contributed by atoms with E-state index in [0.29, 0.717) is 30.0 Å². The number of aromatic nitrogens is 2. The second-order valence-electron chi connectivity index (χ2n) is 7.06. The van der Waals surface area contributed by atoms with Gasteiger partial charge in [0.2, 0.25) is 11.0 Å². The Hall–Kier alpha value is -3.02. The summed E-state index contributed by atoms with van der Waals surface area (Å²) < 4.78 is 27.6. The summed E-state index contributed by atoms with van der Waals surface area (Å²) in [4.78, 5) is 26.0. The molecule has 0 spiro atoms. The molecular formula is C20H18ClN5O4S2. The molecule has 166 valence electrons. The molecule has 1 aliphatic heterocycles. The van der Waals surface area contributed by atoms with Crippen molar-refractivity contribution in [3.63, 3.8) is 0 Å². The van der Waals surface area contributed by atoms with Crippen molar-refractivity contribution >= 4 is 61.3 Å². The first kappa shape index (κ1) is 22.2. The molecule has 0 bridgehead atoms. The molecule has 4 rings (SSSR count). The average Bonchev–Trinajstić information content (AvgIpc) is 3.38. The third kappa shape index (κ3) is 4.59. The fourth-order valence-corrected chi connectivity index (χ4v) is 5.47. The molecule has 0 aliphatic carbocycles. The molecule has 2 amide bonds. The first-order chi connectivity index (χ1) is 15.2. The van der Waals surface area contributed by atoms with Gasteiger partial charge in [0.15, 0.2) is 0 Å². The maximum atomic E-state index is 12.7. The fraction of sp³-hybridized carbons (Fsp3) is 0.200. The van der Waals surface area contributed by atoms with E-state index in [1.807, 2.05) is 6.92 Å². The summed E-state index contributed by atoms with van der Waals surface area (Å²) in [6, 6.07) is 11.4. The number of halogens is 1. The lowest BCUT2D eigenvalue weighted by atomic mass is 10.1. The number of carbonyl (C=O) groups is 2. The number of rotatable bonds is 6. The quantitative estimate of drug-likeness (QED) is 0.507. The fourth-order valence-electron chi connectivity index (χ4n) is 3.30. The van der Waals surface area contributed by atoms with E-state index < -0.39 is 15.9 Å². The first-order valence-electron chi connectivity index (χ1n) is 9.58. The van der Waals surface area contributed by atoms with E-state index in [2.05, 4.69) is 20.2 Å². The summed E-state index contributed by atoms with van der Waals surface area (Å²) in [6.07, 6.45) is 1.32. The van der Waals surface area contributed by atoms with Crippen molar-refractivity contribution < 1.29 is 18.0 Å². The van der Waals surface area contributed by atoms with E-state index >= 15 is 0 Å². The van der Waals surface area contributed by atoms with Crippen LogP contribution in [0, 0.1) is 6.92 Å². The molecule has 0 atom stereocenters. The minimum atomic E-state index is -4.02. The van der Waals surface area contributed by atoms with Crippen LogP contribution >= 0.6 is 22.9 Å². The van der Waals surface area contributed by atoms with Crippen molar-refractivity contribution in [2.24, 2.45) is 0 Å². The number of nitrogens with one attached hydrogen (secondary N) is 2. The minimum absolute atomic E-state index is 0.0226. The van der Waals surface area contributed by atoms with Gasteiger partial charge in [-0.25, -0.2) is 0 Å². The standard InChI is InChI=1S/C20H18ClN5O4S2/c1-12-11-13(8-9-16(12)26-10-4-7-17(26)27)25-32(29,30)20-24-23-19(31-20)22-18(28)14-5-2-3-6-15(14)21/h2-3,5-6,8-9,11,25H,4,7,10H2,1H3,(H,22,23,28). The Balaban J connectivity index is 1.48. The van der Waals surface area contributed by atoms with Gasteiger partial charge in [0, 0.05) is 24.3 Å². The summed E-state index contributed by atoms with van der Waals surface area (Å²) in [5.41, 5.74) is 2.09. The number of hydrogen-bond acceptors (Lipinski definition) is 7. The van der Waals surface area contributed by atoms with Crippen LogP contribution in [0.25, 0.3) is 0 Å². The molecule has 32 heavy (non-hydrogen) atoms. The Bertz CT molecular complexity index is 1310. The van der Waals surface area contributed by atoms with Gasteiger partial charge in [0.1, 0.15) is 0 Å². The third-order valence-electron chi connectivity index (χ3n) is 4.79. The Morgan fingerprint density at radius 2 is 1.97 bits per heavy atom. The number of aryl methyl sites for hydroxylation is 1. The maximum Gasteiger partial charge on any atom is 0.291 e. The van der Waals surface area contributed by atoms with Crippen molar-refractivity contribution in [1.82, 2.24) is 10.2 Å². The van der Waals surface area contributed by atoms with Crippen molar-refractivity contribution in [1.29, 1.82) is 0 Å². The highest BCUT2D eigenvalue weighted by Gasteiger charge is 2.25. The number of hydrogen-bond donors (Lipinski definition) is 2. The van der Waals surface area contributed by atoms with E-state index in [1.54, 1.807) is 47.4 Å². The molecule has 9 nitrogen and oxygen atoms in total. The first-order valence-corrected chi connectivity index (χ1v) is 12.3. The van der Waals surface area contributed by atoms with Crippen LogP contribution in [-0.2, 0) is 14.8 Å². The van der Waals surface area contributed by atoms with E-state index in [0.717, 1.165) is 17.7 Å². The van der Waals surface area contributed by atoms with Crippen molar-refractivity contribution in [3.8, 4) is 0 Å². The lowest BCUT2D eigenvalue weighted by molar-refractivity contribution is -0.117. The van der Waals surface area contributed by atoms with Crippen molar-refractivity contribution in [2.45, 2.75) is 24.1 Å². The van der Waals surface area contributed by atoms with Gasteiger partial charge in [-0.15, -0.1) is 10.2 Å². The summed E-state index contributed by atoms with van der Waals surface area (Å²) in [5, 5.41) is 10.2. The monoisotopic (exact) mass is 491 g/mol. The Morgan fingerprint density at radius 1 is 1.19 bits per heavy atom. The number of nitrogens with zero attached hydrogens (tertiary/aromatic N) is 3. The molecule has 1 aromatic heterocycles. The zero-order valence-corrected chi connectivity index (χ0v) is 19.2. The molecule has 3 aromatic rings. The molecule has 2 N–H and O–H groups in total. The van der Waals surface area contributed by atoms with Crippen LogP contribution in [0.15, 0.2) is 46.8 Å². The molecule has 1 aliphatic rings. The molecular weight excluding hydrogens is 474 g/mol. The lowest BCUT2D eigenvalue weighted by Gasteiger charge is -2.19. The maximum absolute atomic E-state index is 12.7. The number of benzene rings is 2. The van der Waals surface area contributed by atoms with Crippen molar-refractivity contribution in [2.75, 3.05) is 21.5 Å². The SMILES string of the molecule is Cc1cc(NS(=O)(=O)c2nnc(NC(=O)c3ccccc3Cl)s2)ccc1N1CCCC1=O. The highest BCUT2D eigenvalue weighted by atomic mass is 35.5. The topological polar surface area (TPSA) is 121 Å². The highest BCUT2D eigenvalue weighted by molar-refractivity contribution is 7.94. The Kier molecular flexibility index (Phi) is 6.13. The van der Waals surface area contributed by atoms with E-state index in [1.165, 1.54) is 0 Å². The zero-order chi connectivity index (χ0) is 22.9. The van der Waals surface area contributed by atoms with E-state index in [-0.39, 0.29) is 26.0 Å². The van der Waals surface area contributed by atoms with Gasteiger partial charge in [-0.3, -0.25) is 19.6 Å². The second-order valence-corrected chi connectivity index (χ2v) is 10.3. The second kappa shape index (κ2) is 8.85. The largest absolute Gasteiger partial charge is 0.312 e. The van der Waals surface area contributed by atoms with Crippen LogP contribution in [0.2, 0.25) is 5.02 Å². The summed E-state index contributed by atoms with van der Waals surface area (Å²) in [5.74, 6) is -0.465. The van der Waals surface area contributed by atoms with Gasteiger partial charge < -0.3 is 4.90 Å². The highest BCUT2D eigenvalue weighted by Crippen LogP contribution is 2.29. The molecule has 2 heterocycles. The molecule has 0 saturated carbocycles. The molecule has 1 saturated heterocycles. The summed E-state index contributed by atoms with van der Waals surface area (Å²) in [7, 11) is -4.02. The normalized spacial score (nSPS) is 13.9. The summed E-state index contributed by atoms with van der Waals surface area (Å²) in [6.45, 7) is 2.46. The smallest absolute Gasteiger partial charge is 0.291 e. The molecule has 0 unspecified atom stereocenters. The van der Waals surface area contributed by atoms with Gasteiger partial charge in [-0.1, -0.05) is 35.1 Å². The van der Waals surface area contributed by atoms with Crippen LogP contribution in [0.5, 0.6) is 0 Å². The number of amides is 2. The van der Waals surface area contributed by atoms with Crippen LogP contribution in [-0.4, -0.2) is 37.0 Å². The molecule has 0 radical (unpaired) electrons. The van der Waals surface area contributed by atoms with Gasteiger partial charge in [-0.2, -0.15) is 8.42 Å². The van der Waals surface area contributed by atoms with Gasteiger partial charge in [0.05, 0.1) is 10.6 Å². The van der Waals surface area contributed by atoms with Crippen molar-refractivity contribution in [3.05, 3.63) is 58.6 Å². The summed E-state index contributed by atoms with van der Waals surface area (Å²) >= 11 is 6.72. The van der Waals surface area contributed by atoms with Crippen LogP contribution in [0.4, 0.5) is 16.5 Å². The van der Waals surface area contributed by atoms with E-state index in [9.17, 15) is 18.0 Å². The third-order valence-corrected chi connectivity index (χ3v) is 7.71. The predicted molar refractivity (Wildman–Crippen MR) is 123 cm³/mol. The minimum Gasteiger partial charge on any atom is -0.312 e. The molecule has 2 aromatic carbocycles. The lowest BCUT2D eigenvalue weighted by Crippen LogP contribution is -2.24. The average molecular weight is 492 g/mol. The molecule has 1 fully saturated rings.